The summed E-state index contributed by atoms with van der Waals surface area (Å²) in [5.41, 5.74) is 1.56. The second kappa shape index (κ2) is 6.10. The highest BCUT2D eigenvalue weighted by molar-refractivity contribution is 4.99. The maximum Gasteiger partial charge on any atom is 0.0256 e. The van der Waals surface area contributed by atoms with Crippen LogP contribution in [0.2, 0.25) is 0 Å². The van der Waals surface area contributed by atoms with E-state index in [9.17, 15) is 0 Å². The molecule has 0 bridgehead atoms. The van der Waals surface area contributed by atoms with Crippen LogP contribution < -0.4 is 0 Å². The van der Waals surface area contributed by atoms with Crippen LogP contribution in [-0.2, 0) is 0 Å². The van der Waals surface area contributed by atoms with E-state index in [1.54, 1.807) is 5.57 Å². The number of piperidine rings is 1. The lowest BCUT2D eigenvalue weighted by atomic mass is 10.0. The zero-order valence-electron chi connectivity index (χ0n) is 10.1. The molecule has 0 radical (unpaired) electrons. The minimum atomic E-state index is 0.764. The molecule has 1 rings (SSSR count). The highest BCUT2D eigenvalue weighted by Gasteiger charge is 2.14. The molecule has 1 nitrogen and oxygen atoms in total. The first-order valence-electron chi connectivity index (χ1n) is 6.17. The summed E-state index contributed by atoms with van der Waals surface area (Å²) < 4.78 is 0. The summed E-state index contributed by atoms with van der Waals surface area (Å²) in [6.45, 7) is 8.15. The number of nitrogens with zero attached hydrogens (tertiary/aromatic N) is 1. The van der Waals surface area contributed by atoms with E-state index in [-0.39, 0.29) is 0 Å². The van der Waals surface area contributed by atoms with Crippen molar-refractivity contribution in [1.82, 2.24) is 4.90 Å². The second-order valence-corrected chi connectivity index (χ2v) is 4.66. The molecule has 0 aliphatic carbocycles. The molecule has 1 fully saturated rings. The molecular formula is C13H25N. The van der Waals surface area contributed by atoms with E-state index in [0.717, 1.165) is 6.04 Å². The molecule has 0 unspecified atom stereocenters. The Hall–Kier alpha value is -0.460. The van der Waals surface area contributed by atoms with Gasteiger partial charge in [-0.25, -0.2) is 0 Å². The van der Waals surface area contributed by atoms with Crippen LogP contribution in [0.25, 0.3) is 0 Å². The Morgan fingerprint density at radius 2 is 2.21 bits per heavy atom. The molecule has 1 aliphatic rings. The molecule has 0 spiro atoms. The van der Waals surface area contributed by atoms with Gasteiger partial charge in [0.15, 0.2) is 0 Å². The zero-order valence-corrected chi connectivity index (χ0v) is 10.1. The van der Waals surface area contributed by atoms with Gasteiger partial charge in [0.25, 0.3) is 0 Å². The first-order valence-corrected chi connectivity index (χ1v) is 6.17. The van der Waals surface area contributed by atoms with E-state index in [1.807, 2.05) is 0 Å². The maximum absolute atomic E-state index is 2.54. The number of rotatable bonds is 4. The van der Waals surface area contributed by atoms with Crippen LogP contribution in [0.4, 0.5) is 0 Å². The molecule has 1 aliphatic heterocycles. The third-order valence-corrected chi connectivity index (χ3v) is 3.17. The van der Waals surface area contributed by atoms with Gasteiger partial charge in [0.05, 0.1) is 0 Å². The lowest BCUT2D eigenvalue weighted by Crippen LogP contribution is -2.33. The van der Waals surface area contributed by atoms with Gasteiger partial charge < -0.3 is 4.90 Å². The maximum atomic E-state index is 2.54. The molecule has 0 N–H and O–H groups in total. The average Bonchev–Trinajstić information content (AvgIpc) is 2.18. The normalized spacial score (nSPS) is 24.1. The number of hydrogen-bond acceptors (Lipinski definition) is 1. The molecule has 14 heavy (non-hydrogen) atoms. The van der Waals surface area contributed by atoms with Crippen LogP contribution in [0, 0.1) is 0 Å². The van der Waals surface area contributed by atoms with Gasteiger partial charge in [0.1, 0.15) is 0 Å². The fourth-order valence-electron chi connectivity index (χ4n) is 2.12. The number of likely N-dealkylation sites (tertiary alicyclic amines) is 1. The van der Waals surface area contributed by atoms with E-state index in [4.69, 9.17) is 0 Å². The van der Waals surface area contributed by atoms with Crippen molar-refractivity contribution >= 4 is 0 Å². The smallest absolute Gasteiger partial charge is 0.0256 e. The van der Waals surface area contributed by atoms with Gasteiger partial charge in [-0.2, -0.15) is 0 Å². The Labute approximate surface area is 89.2 Å². The van der Waals surface area contributed by atoms with E-state index in [0.29, 0.717) is 0 Å². The van der Waals surface area contributed by atoms with E-state index < -0.39 is 0 Å². The lowest BCUT2D eigenvalue weighted by Gasteiger charge is -2.33. The monoisotopic (exact) mass is 195 g/mol. The van der Waals surface area contributed by atoms with Crippen LogP contribution >= 0.6 is 0 Å². The Morgan fingerprint density at radius 3 is 2.86 bits per heavy atom. The summed E-state index contributed by atoms with van der Waals surface area (Å²) in [4.78, 5) is 2.54. The van der Waals surface area contributed by atoms with Gasteiger partial charge in [-0.1, -0.05) is 18.9 Å². The Kier molecular flexibility index (Phi) is 5.06. The van der Waals surface area contributed by atoms with Crippen LogP contribution in [0.15, 0.2) is 11.8 Å². The minimum absolute atomic E-state index is 0.764. The van der Waals surface area contributed by atoms with Crippen molar-refractivity contribution in [2.45, 2.75) is 65.3 Å². The van der Waals surface area contributed by atoms with Crippen molar-refractivity contribution in [2.24, 2.45) is 0 Å². The van der Waals surface area contributed by atoms with Crippen LogP contribution in [-0.4, -0.2) is 17.5 Å². The topological polar surface area (TPSA) is 3.24 Å². The molecular weight excluding hydrogens is 170 g/mol. The van der Waals surface area contributed by atoms with E-state index in [1.165, 1.54) is 45.1 Å². The van der Waals surface area contributed by atoms with Crippen LogP contribution in [0.5, 0.6) is 0 Å². The SMILES string of the molecule is CCCCC(C)=CN1CCCC[C@@H]1C. The third-order valence-electron chi connectivity index (χ3n) is 3.17. The van der Waals surface area contributed by atoms with Crippen molar-refractivity contribution in [1.29, 1.82) is 0 Å². The average molecular weight is 195 g/mol. The standard InChI is InChI=1S/C13H25N/c1-4-5-8-12(2)11-14-10-7-6-9-13(14)3/h11,13H,4-10H2,1-3H3/t13-/m0/s1. The summed E-state index contributed by atoms with van der Waals surface area (Å²) in [6, 6.07) is 0.764. The molecule has 82 valence electrons. The Morgan fingerprint density at radius 1 is 1.43 bits per heavy atom. The van der Waals surface area contributed by atoms with Gasteiger partial charge >= 0.3 is 0 Å². The molecule has 0 aromatic rings. The van der Waals surface area contributed by atoms with Crippen LogP contribution in [0.3, 0.4) is 0 Å². The molecule has 0 aromatic heterocycles. The second-order valence-electron chi connectivity index (χ2n) is 4.66. The highest BCUT2D eigenvalue weighted by Crippen LogP contribution is 2.18. The fourth-order valence-corrected chi connectivity index (χ4v) is 2.12. The van der Waals surface area contributed by atoms with Crippen molar-refractivity contribution in [3.05, 3.63) is 11.8 Å². The summed E-state index contributed by atoms with van der Waals surface area (Å²) in [7, 11) is 0. The first kappa shape index (κ1) is 11.6. The Bertz CT molecular complexity index is 184. The molecule has 0 saturated carbocycles. The first-order chi connectivity index (χ1) is 6.74. The molecule has 1 atom stereocenters. The largest absolute Gasteiger partial charge is 0.375 e. The number of hydrogen-bond donors (Lipinski definition) is 0. The van der Waals surface area contributed by atoms with Gasteiger partial charge in [-0.3, -0.25) is 0 Å². The fraction of sp³-hybridized carbons (Fsp3) is 0.846. The Balaban J connectivity index is 2.38. The van der Waals surface area contributed by atoms with Gasteiger partial charge in [-0.05, 0) is 52.2 Å². The quantitative estimate of drug-likeness (QED) is 0.656. The summed E-state index contributed by atoms with van der Waals surface area (Å²) in [5, 5.41) is 0. The number of allylic oxidation sites excluding steroid dienone is 1. The van der Waals surface area contributed by atoms with Gasteiger partial charge in [0.2, 0.25) is 0 Å². The van der Waals surface area contributed by atoms with Crippen molar-refractivity contribution in [2.75, 3.05) is 6.54 Å². The predicted molar refractivity (Wildman–Crippen MR) is 63.3 cm³/mol. The van der Waals surface area contributed by atoms with Crippen molar-refractivity contribution < 1.29 is 0 Å². The van der Waals surface area contributed by atoms with Crippen molar-refractivity contribution in [3.8, 4) is 0 Å². The predicted octanol–water partition coefficient (Wildman–Crippen LogP) is 3.95. The third kappa shape index (κ3) is 3.73. The summed E-state index contributed by atoms with van der Waals surface area (Å²) >= 11 is 0. The lowest BCUT2D eigenvalue weighted by molar-refractivity contribution is 0.227. The minimum Gasteiger partial charge on any atom is -0.375 e. The number of unbranched alkanes of at least 4 members (excludes halogenated alkanes) is 1. The van der Waals surface area contributed by atoms with Crippen LogP contribution in [0.1, 0.15) is 59.3 Å². The molecule has 1 saturated heterocycles. The van der Waals surface area contributed by atoms with E-state index in [2.05, 4.69) is 31.9 Å². The zero-order chi connectivity index (χ0) is 10.4. The molecule has 0 aromatic carbocycles. The van der Waals surface area contributed by atoms with Crippen molar-refractivity contribution in [3.63, 3.8) is 0 Å². The van der Waals surface area contributed by atoms with Gasteiger partial charge in [-0.15, -0.1) is 0 Å². The summed E-state index contributed by atoms with van der Waals surface area (Å²) in [5.74, 6) is 0. The molecule has 1 heterocycles. The van der Waals surface area contributed by atoms with Gasteiger partial charge in [0, 0.05) is 12.6 Å². The van der Waals surface area contributed by atoms with E-state index >= 15 is 0 Å². The molecule has 0 amide bonds. The molecule has 1 heteroatoms. The highest BCUT2D eigenvalue weighted by atomic mass is 15.1. The summed E-state index contributed by atoms with van der Waals surface area (Å²) in [6.07, 6.45) is 10.5.